The molecule has 0 radical (unpaired) electrons. The number of nitrogens with zero attached hydrogens (tertiary/aromatic N) is 2. The number of rotatable bonds is 1. The summed E-state index contributed by atoms with van der Waals surface area (Å²) in [5.41, 5.74) is 9.10. The van der Waals surface area contributed by atoms with Gasteiger partial charge in [-0.25, -0.2) is 9.78 Å². The lowest BCUT2D eigenvalue weighted by atomic mass is 10.0. The van der Waals surface area contributed by atoms with Crippen LogP contribution in [0, 0.1) is 0 Å². The number of aromatic nitrogens is 1. The number of carbonyl (C=O) groups excluding carboxylic acids is 1. The van der Waals surface area contributed by atoms with Gasteiger partial charge in [0.15, 0.2) is 0 Å². The van der Waals surface area contributed by atoms with Crippen molar-refractivity contribution in [2.75, 3.05) is 12.3 Å². The first-order valence-corrected chi connectivity index (χ1v) is 12.1. The highest BCUT2D eigenvalue weighted by atomic mass is 79.9. The van der Waals surface area contributed by atoms with Crippen LogP contribution in [-0.4, -0.2) is 28.1 Å². The number of carbonyl (C=O) groups is 1. The van der Waals surface area contributed by atoms with E-state index >= 15 is 0 Å². The Hall–Kier alpha value is -1.64. The van der Waals surface area contributed by atoms with Crippen molar-refractivity contribution in [3.05, 3.63) is 33.1 Å². The summed E-state index contributed by atoms with van der Waals surface area (Å²) < 4.78 is 7.66. The number of fused-ring (bicyclic) bond motifs is 2. The van der Waals surface area contributed by atoms with Crippen LogP contribution in [-0.2, 0) is 17.7 Å². The normalized spacial score (nSPS) is 13.2. The van der Waals surface area contributed by atoms with Gasteiger partial charge < -0.3 is 15.4 Å². The SMILES string of the molecule is C.CC.CC(C)(C)OC(=O)N1CCc2c(sc(N)c2-c2nc3cc(Br)ccc3s2)C1. The summed E-state index contributed by atoms with van der Waals surface area (Å²) in [6.45, 7) is 10.8. The molecule has 3 aromatic rings. The topological polar surface area (TPSA) is 68.5 Å². The zero-order valence-electron chi connectivity index (χ0n) is 17.3. The highest BCUT2D eigenvalue weighted by molar-refractivity contribution is 9.10. The molecule has 0 bridgehead atoms. The molecule has 30 heavy (non-hydrogen) atoms. The average molecular weight is 513 g/mol. The van der Waals surface area contributed by atoms with Crippen LogP contribution >= 0.6 is 38.6 Å². The number of hydrogen-bond acceptors (Lipinski definition) is 6. The van der Waals surface area contributed by atoms with Crippen molar-refractivity contribution in [2.24, 2.45) is 0 Å². The number of thiazole rings is 1. The van der Waals surface area contributed by atoms with E-state index in [9.17, 15) is 4.79 Å². The quantitative estimate of drug-likeness (QED) is 0.371. The predicted molar refractivity (Wildman–Crippen MR) is 133 cm³/mol. The van der Waals surface area contributed by atoms with Crippen LogP contribution in [0.1, 0.15) is 52.5 Å². The maximum atomic E-state index is 12.4. The molecule has 1 aliphatic rings. The molecule has 4 rings (SSSR count). The van der Waals surface area contributed by atoms with Crippen molar-refractivity contribution in [2.45, 2.75) is 60.6 Å². The van der Waals surface area contributed by atoms with E-state index in [4.69, 9.17) is 15.5 Å². The Bertz CT molecular complexity index is 1040. The second-order valence-electron chi connectivity index (χ2n) is 7.53. The molecular formula is C22H30BrN3O2S2. The molecule has 1 aromatic carbocycles. The fraction of sp³-hybridized carbons (Fsp3) is 0.455. The molecule has 3 heterocycles. The van der Waals surface area contributed by atoms with E-state index in [0.717, 1.165) is 41.6 Å². The van der Waals surface area contributed by atoms with Gasteiger partial charge in [-0.15, -0.1) is 22.7 Å². The molecule has 8 heteroatoms. The van der Waals surface area contributed by atoms with E-state index in [2.05, 4.69) is 22.0 Å². The van der Waals surface area contributed by atoms with Crippen LogP contribution in [0.5, 0.6) is 0 Å². The molecule has 0 aliphatic carbocycles. The lowest BCUT2D eigenvalue weighted by Gasteiger charge is -2.30. The van der Waals surface area contributed by atoms with E-state index in [1.807, 2.05) is 46.8 Å². The summed E-state index contributed by atoms with van der Waals surface area (Å²) >= 11 is 6.70. The van der Waals surface area contributed by atoms with Gasteiger partial charge in [-0.2, -0.15) is 0 Å². The Kier molecular flexibility index (Phi) is 7.93. The third kappa shape index (κ3) is 5.15. The van der Waals surface area contributed by atoms with Crippen LogP contribution in [0.3, 0.4) is 0 Å². The van der Waals surface area contributed by atoms with E-state index in [1.165, 1.54) is 5.56 Å². The Morgan fingerprint density at radius 1 is 1.27 bits per heavy atom. The van der Waals surface area contributed by atoms with Crippen molar-refractivity contribution in [1.82, 2.24) is 9.88 Å². The van der Waals surface area contributed by atoms with E-state index in [1.54, 1.807) is 27.6 Å². The van der Waals surface area contributed by atoms with Gasteiger partial charge in [0.2, 0.25) is 0 Å². The zero-order chi connectivity index (χ0) is 21.3. The highest BCUT2D eigenvalue weighted by Gasteiger charge is 2.30. The molecule has 1 aliphatic heterocycles. The first-order valence-electron chi connectivity index (χ1n) is 9.65. The maximum absolute atomic E-state index is 12.4. The van der Waals surface area contributed by atoms with Crippen LogP contribution < -0.4 is 5.73 Å². The molecule has 0 saturated carbocycles. The van der Waals surface area contributed by atoms with Gasteiger partial charge in [0.25, 0.3) is 0 Å². The van der Waals surface area contributed by atoms with Gasteiger partial charge in [-0.3, -0.25) is 0 Å². The van der Waals surface area contributed by atoms with Gasteiger partial charge >= 0.3 is 6.09 Å². The second kappa shape index (κ2) is 9.66. The molecule has 5 nitrogen and oxygen atoms in total. The first-order chi connectivity index (χ1) is 13.7. The Balaban J connectivity index is 0.00000104. The van der Waals surface area contributed by atoms with Crippen molar-refractivity contribution in [1.29, 1.82) is 0 Å². The maximum Gasteiger partial charge on any atom is 0.410 e. The number of hydrogen-bond donors (Lipinski definition) is 1. The number of anilines is 1. The molecule has 2 N–H and O–H groups in total. The largest absolute Gasteiger partial charge is 0.444 e. The molecular weight excluding hydrogens is 482 g/mol. The third-order valence-electron chi connectivity index (χ3n) is 4.30. The minimum atomic E-state index is -0.494. The van der Waals surface area contributed by atoms with Gasteiger partial charge in [-0.05, 0) is 51.0 Å². The smallest absolute Gasteiger partial charge is 0.410 e. The first kappa shape index (κ1) is 24.6. The molecule has 2 aromatic heterocycles. The third-order valence-corrected chi connectivity index (χ3v) is 6.89. The predicted octanol–water partition coefficient (Wildman–Crippen LogP) is 7.33. The molecule has 164 valence electrons. The molecule has 1 amide bonds. The minimum absolute atomic E-state index is 0. The van der Waals surface area contributed by atoms with Crippen LogP contribution in [0.2, 0.25) is 0 Å². The summed E-state index contributed by atoms with van der Waals surface area (Å²) in [4.78, 5) is 20.1. The Morgan fingerprint density at radius 2 is 1.97 bits per heavy atom. The highest BCUT2D eigenvalue weighted by Crippen LogP contribution is 2.44. The fourth-order valence-corrected chi connectivity index (χ4v) is 5.73. The van der Waals surface area contributed by atoms with Crippen molar-refractivity contribution >= 4 is 59.9 Å². The molecule has 0 unspecified atom stereocenters. The van der Waals surface area contributed by atoms with Crippen molar-refractivity contribution in [3.8, 4) is 10.6 Å². The van der Waals surface area contributed by atoms with Crippen molar-refractivity contribution < 1.29 is 9.53 Å². The number of amides is 1. The number of nitrogens with two attached hydrogens (primary N) is 1. The fourth-order valence-electron chi connectivity index (χ4n) is 3.15. The summed E-state index contributed by atoms with van der Waals surface area (Å²) in [5.74, 6) is 0. The number of halogens is 1. The van der Waals surface area contributed by atoms with E-state index in [-0.39, 0.29) is 13.5 Å². The average Bonchev–Trinajstić information content (AvgIpc) is 3.20. The van der Waals surface area contributed by atoms with Crippen LogP contribution in [0.4, 0.5) is 9.80 Å². The second-order valence-corrected chi connectivity index (χ2v) is 10.6. The summed E-state index contributed by atoms with van der Waals surface area (Å²) in [6.07, 6.45) is 0.489. The number of thiophene rings is 1. The summed E-state index contributed by atoms with van der Waals surface area (Å²) in [6, 6.07) is 6.11. The van der Waals surface area contributed by atoms with Gasteiger partial charge in [0.1, 0.15) is 10.6 Å². The van der Waals surface area contributed by atoms with Crippen molar-refractivity contribution in [3.63, 3.8) is 0 Å². The lowest BCUT2D eigenvalue weighted by molar-refractivity contribution is 0.0227. The standard InChI is InChI=1S/C19H20BrN3O2S2.C2H6.CH4/c1-19(2,3)25-18(24)23-7-6-11-14(9-23)26-16(21)15(11)17-22-12-8-10(20)4-5-13(12)27-17;1-2;/h4-5,8H,6-7,9,21H2,1-3H3;1-2H3;1H4. The Labute approximate surface area is 195 Å². The zero-order valence-corrected chi connectivity index (χ0v) is 20.6. The number of nitrogen functional groups attached to an aromatic ring is 1. The van der Waals surface area contributed by atoms with Gasteiger partial charge in [-0.1, -0.05) is 37.2 Å². The van der Waals surface area contributed by atoms with Gasteiger partial charge in [0.05, 0.1) is 21.8 Å². The van der Waals surface area contributed by atoms with Crippen LogP contribution in [0.15, 0.2) is 22.7 Å². The molecule has 0 fully saturated rings. The minimum Gasteiger partial charge on any atom is -0.444 e. The summed E-state index contributed by atoms with van der Waals surface area (Å²) in [7, 11) is 0. The molecule has 0 spiro atoms. The Morgan fingerprint density at radius 3 is 2.63 bits per heavy atom. The van der Waals surface area contributed by atoms with Gasteiger partial charge in [0, 0.05) is 21.5 Å². The van der Waals surface area contributed by atoms with Crippen LogP contribution in [0.25, 0.3) is 20.8 Å². The number of benzene rings is 1. The molecule has 0 atom stereocenters. The lowest BCUT2D eigenvalue weighted by Crippen LogP contribution is -2.39. The summed E-state index contributed by atoms with van der Waals surface area (Å²) in [5, 5.41) is 1.72. The monoisotopic (exact) mass is 511 g/mol. The molecule has 0 saturated heterocycles. The van der Waals surface area contributed by atoms with E-state index in [0.29, 0.717) is 13.1 Å². The number of ether oxygens (including phenoxy) is 1. The van der Waals surface area contributed by atoms with E-state index < -0.39 is 5.60 Å².